The molecule has 2 saturated heterocycles. The van der Waals surface area contributed by atoms with E-state index in [1.165, 1.54) is 11.1 Å². The van der Waals surface area contributed by atoms with Crippen molar-refractivity contribution in [1.29, 1.82) is 5.41 Å². The quantitative estimate of drug-likeness (QED) is 0.125. The van der Waals surface area contributed by atoms with E-state index in [1.807, 2.05) is 18.2 Å². The highest BCUT2D eigenvalue weighted by molar-refractivity contribution is 6.33. The highest BCUT2D eigenvalue weighted by Crippen LogP contribution is 2.35. The van der Waals surface area contributed by atoms with Crippen molar-refractivity contribution in [2.24, 2.45) is 5.92 Å². The van der Waals surface area contributed by atoms with E-state index in [9.17, 15) is 27.6 Å². The van der Waals surface area contributed by atoms with Crippen molar-refractivity contribution in [2.75, 3.05) is 52.4 Å². The van der Waals surface area contributed by atoms with Crippen LogP contribution in [0.3, 0.4) is 0 Å². The van der Waals surface area contributed by atoms with Crippen LogP contribution in [0.15, 0.2) is 42.6 Å². The lowest BCUT2D eigenvalue weighted by atomic mass is 9.88. The predicted octanol–water partition coefficient (Wildman–Crippen LogP) is 5.65. The molecule has 1 atom stereocenters. The summed E-state index contributed by atoms with van der Waals surface area (Å²) in [4.78, 5) is 49.0. The van der Waals surface area contributed by atoms with Gasteiger partial charge in [-0.3, -0.25) is 19.7 Å². The molecule has 1 unspecified atom stereocenters. The number of hydrogen-bond acceptors (Lipinski definition) is 10. The smallest absolute Gasteiger partial charge is 0.388 e. The molecule has 3 amide bonds. The highest BCUT2D eigenvalue weighted by atomic mass is 35.5. The highest BCUT2D eigenvalue weighted by Gasteiger charge is 2.33. The fourth-order valence-corrected chi connectivity index (χ4v) is 6.71. The van der Waals surface area contributed by atoms with Gasteiger partial charge in [0.1, 0.15) is 5.02 Å². The molecule has 2 aromatic carbocycles. The first-order valence-electron chi connectivity index (χ1n) is 16.4. The molecule has 5 N–H and O–H groups in total. The van der Waals surface area contributed by atoms with Crippen LogP contribution < -0.4 is 31.1 Å². The maximum absolute atomic E-state index is 12.6. The average Bonchev–Trinajstić information content (AvgIpc) is 3.39. The Kier molecular flexibility index (Phi) is 10.1. The molecule has 0 bridgehead atoms. The third-order valence-corrected chi connectivity index (χ3v) is 9.44. The van der Waals surface area contributed by atoms with Crippen LogP contribution in [0, 0.1) is 11.3 Å². The third kappa shape index (κ3) is 7.93. The van der Waals surface area contributed by atoms with Gasteiger partial charge in [0.05, 0.1) is 24.2 Å². The van der Waals surface area contributed by atoms with Crippen molar-refractivity contribution in [3.63, 3.8) is 0 Å². The molecule has 4 heterocycles. The molecule has 0 spiro atoms. The topological polar surface area (TPSA) is 155 Å². The van der Waals surface area contributed by atoms with Gasteiger partial charge in [0.2, 0.25) is 23.7 Å². The van der Waals surface area contributed by atoms with Gasteiger partial charge in [0, 0.05) is 73.9 Å². The normalized spacial score (nSPS) is 18.2. The number of halogens is 4. The largest absolute Gasteiger partial charge is 0.389 e. The summed E-state index contributed by atoms with van der Waals surface area (Å²) in [6.45, 7) is 1.37. The van der Waals surface area contributed by atoms with Crippen LogP contribution in [0.2, 0.25) is 5.02 Å². The zero-order chi connectivity index (χ0) is 35.6. The average molecular weight is 712 g/mol. The lowest BCUT2D eigenvalue weighted by molar-refractivity contribution is -0.136. The van der Waals surface area contributed by atoms with E-state index in [-0.39, 0.29) is 49.4 Å². The van der Waals surface area contributed by atoms with E-state index in [0.29, 0.717) is 58.9 Å². The number of carbonyl (C=O) groups is 3. The zero-order valence-corrected chi connectivity index (χ0v) is 28.0. The molecule has 264 valence electrons. The molecule has 2 fully saturated rings. The monoisotopic (exact) mass is 711 g/mol. The van der Waals surface area contributed by atoms with Crippen LogP contribution in [-0.4, -0.2) is 72.3 Å². The summed E-state index contributed by atoms with van der Waals surface area (Å²) in [5.74, 6) is -0.754. The minimum Gasteiger partial charge on any atom is -0.388 e. The van der Waals surface area contributed by atoms with Crippen molar-refractivity contribution in [3.05, 3.63) is 58.7 Å². The Labute approximate surface area is 291 Å². The van der Waals surface area contributed by atoms with Gasteiger partial charge in [-0.1, -0.05) is 11.6 Å². The number of piperidine rings is 2. The fraction of sp³-hybridized carbons (Fsp3) is 0.412. The summed E-state index contributed by atoms with van der Waals surface area (Å²) in [7, 11) is 1.76. The molecule has 0 radical (unpaired) electrons. The first kappa shape index (κ1) is 34.9. The predicted molar refractivity (Wildman–Crippen MR) is 186 cm³/mol. The van der Waals surface area contributed by atoms with Crippen molar-refractivity contribution in [3.8, 4) is 0 Å². The molecule has 6 rings (SSSR count). The van der Waals surface area contributed by atoms with E-state index in [1.54, 1.807) is 25.2 Å². The Morgan fingerprint density at radius 3 is 2.56 bits per heavy atom. The third-order valence-electron chi connectivity index (χ3n) is 9.16. The van der Waals surface area contributed by atoms with E-state index < -0.39 is 24.4 Å². The number of imide groups is 1. The molecule has 3 aliphatic heterocycles. The maximum Gasteiger partial charge on any atom is 0.389 e. The maximum atomic E-state index is 12.6. The van der Waals surface area contributed by atoms with Crippen LogP contribution in [0.5, 0.6) is 0 Å². The fourth-order valence-electron chi connectivity index (χ4n) is 6.57. The molecular formula is C34H37ClF3N9O3. The number of anilines is 6. The molecule has 3 aliphatic rings. The number of hydrogen-bond donors (Lipinski definition) is 5. The van der Waals surface area contributed by atoms with Crippen LogP contribution in [0.1, 0.15) is 49.7 Å². The molecule has 0 aliphatic carbocycles. The summed E-state index contributed by atoms with van der Waals surface area (Å²) in [5, 5.41) is 21.2. The van der Waals surface area contributed by atoms with Crippen LogP contribution in [0.4, 0.5) is 47.7 Å². The molecule has 1 aromatic heterocycles. The van der Waals surface area contributed by atoms with Crippen LogP contribution >= 0.6 is 11.6 Å². The number of benzene rings is 2. The summed E-state index contributed by atoms with van der Waals surface area (Å²) in [6, 6.07) is 11.1. The minimum atomic E-state index is -4.26. The lowest BCUT2D eigenvalue weighted by Gasteiger charge is -2.33. The van der Waals surface area contributed by atoms with E-state index in [2.05, 4.69) is 36.1 Å². The minimum absolute atomic E-state index is 0.00671. The van der Waals surface area contributed by atoms with Crippen molar-refractivity contribution >= 4 is 69.5 Å². The Balaban J connectivity index is 1.05. The Bertz CT molecular complexity index is 1810. The van der Waals surface area contributed by atoms with Crippen LogP contribution in [0.25, 0.3) is 0 Å². The van der Waals surface area contributed by atoms with Gasteiger partial charge in [-0.15, -0.1) is 0 Å². The number of aromatic nitrogens is 2. The summed E-state index contributed by atoms with van der Waals surface area (Å²) < 4.78 is 37.8. The van der Waals surface area contributed by atoms with Gasteiger partial charge in [-0.2, -0.15) is 18.2 Å². The van der Waals surface area contributed by atoms with Crippen molar-refractivity contribution < 1.29 is 27.6 Å². The number of rotatable bonds is 11. The van der Waals surface area contributed by atoms with Gasteiger partial charge in [-0.25, -0.2) is 4.98 Å². The SMILES string of the molecule is CNc1cc(NC2CCN(c3ncc(Cl)c(Nc4ccc5c(c4)CC(=O)N5CCCC(F)(F)F)n3)CC2)ccc1C(=N)C1CCC(=O)NC1=O. The molecule has 3 aromatic rings. The number of alkyl halides is 3. The second-order valence-corrected chi connectivity index (χ2v) is 13.0. The van der Waals surface area contributed by atoms with Crippen molar-refractivity contribution in [1.82, 2.24) is 15.3 Å². The summed E-state index contributed by atoms with van der Waals surface area (Å²) in [6.07, 6.45) is -1.60. The summed E-state index contributed by atoms with van der Waals surface area (Å²) >= 11 is 6.45. The number of nitrogens with zero attached hydrogens (tertiary/aromatic N) is 4. The molecule has 12 nitrogen and oxygen atoms in total. The van der Waals surface area contributed by atoms with Gasteiger partial charge in [-0.05, 0) is 67.6 Å². The Hall–Kier alpha value is -4.92. The molecule has 0 saturated carbocycles. The standard InChI is InChI=1S/C34H37ClF3N9O3/c1-40-26-17-22(3-5-23(26)30(39)24-6-8-28(48)44-32(24)50)42-20-9-13-46(14-10-20)33-41-18-25(35)31(45-33)43-21-4-7-27-19(15-21)16-29(49)47(27)12-2-11-34(36,37)38/h3-5,7,15,17-18,20,24,39-40,42H,2,6,8-14,16H2,1H3,(H,41,43,45)(H,44,48,50). The van der Waals surface area contributed by atoms with Crippen LogP contribution in [-0.2, 0) is 20.8 Å². The molecule has 50 heavy (non-hydrogen) atoms. The van der Waals surface area contributed by atoms with Crippen molar-refractivity contribution in [2.45, 2.75) is 57.2 Å². The number of fused-ring (bicyclic) bond motifs is 1. The van der Waals surface area contributed by atoms with Gasteiger partial charge in [0.25, 0.3) is 0 Å². The van der Waals surface area contributed by atoms with E-state index >= 15 is 0 Å². The number of nitrogens with one attached hydrogen (secondary N) is 5. The number of carbonyl (C=O) groups excluding carboxylic acids is 3. The van der Waals surface area contributed by atoms with E-state index in [4.69, 9.17) is 17.0 Å². The zero-order valence-electron chi connectivity index (χ0n) is 27.3. The Morgan fingerprint density at radius 1 is 1.08 bits per heavy atom. The molecular weight excluding hydrogens is 675 g/mol. The van der Waals surface area contributed by atoms with Gasteiger partial charge < -0.3 is 31.2 Å². The van der Waals surface area contributed by atoms with Gasteiger partial charge in [0.15, 0.2) is 5.82 Å². The lowest BCUT2D eigenvalue weighted by Crippen LogP contribution is -2.44. The first-order valence-corrected chi connectivity index (χ1v) is 16.8. The second kappa shape index (κ2) is 14.5. The Morgan fingerprint density at radius 2 is 1.84 bits per heavy atom. The second-order valence-electron chi connectivity index (χ2n) is 12.6. The first-order chi connectivity index (χ1) is 23.9. The molecule has 16 heteroatoms. The summed E-state index contributed by atoms with van der Waals surface area (Å²) in [5.41, 5.74) is 4.35. The van der Waals surface area contributed by atoms with E-state index in [0.717, 1.165) is 24.1 Å². The van der Waals surface area contributed by atoms with Gasteiger partial charge >= 0.3 is 6.18 Å². The number of amides is 3.